The number of rotatable bonds is 3. The van der Waals surface area contributed by atoms with E-state index in [1.165, 1.54) is 0 Å². The van der Waals surface area contributed by atoms with Gasteiger partial charge in [0.05, 0.1) is 12.2 Å². The molecule has 0 aliphatic rings. The molecule has 6 nitrogen and oxygen atoms in total. The minimum absolute atomic E-state index is 0.0225. The Hall–Kier alpha value is -2.41. The lowest BCUT2D eigenvalue weighted by molar-refractivity contribution is 0.0520. The van der Waals surface area contributed by atoms with Crippen molar-refractivity contribution >= 4 is 32.7 Å². The molecule has 0 spiro atoms. The van der Waals surface area contributed by atoms with Crippen molar-refractivity contribution in [2.45, 2.75) is 6.92 Å². The van der Waals surface area contributed by atoms with Gasteiger partial charge in [0.1, 0.15) is 11.4 Å². The minimum atomic E-state index is -0.584. The maximum absolute atomic E-state index is 12.0. The molecule has 0 aliphatic carbocycles. The summed E-state index contributed by atoms with van der Waals surface area (Å²) in [6.45, 7) is 1.95. The van der Waals surface area contributed by atoms with Crippen molar-refractivity contribution in [1.29, 1.82) is 0 Å². The van der Waals surface area contributed by atoms with Gasteiger partial charge in [-0.2, -0.15) is 10.3 Å². The van der Waals surface area contributed by atoms with E-state index in [1.54, 1.807) is 19.1 Å². The first-order chi connectivity index (χ1) is 10.6. The number of aromatic nitrogens is 3. The summed E-state index contributed by atoms with van der Waals surface area (Å²) in [5.74, 6) is -0.561. The molecule has 7 heteroatoms. The zero-order valence-corrected chi connectivity index (χ0v) is 13.2. The number of nitrogens with one attached hydrogen (secondary N) is 1. The topological polar surface area (TPSA) is 88.1 Å². The number of ether oxygens (including phenoxy) is 1. The SMILES string of the molecule is CCOC(=O)c1n[nH]nc1-c1c(O)ccc2cc(Br)ccc12. The largest absolute Gasteiger partial charge is 0.507 e. The molecule has 112 valence electrons. The van der Waals surface area contributed by atoms with Crippen LogP contribution in [-0.4, -0.2) is 33.1 Å². The number of benzene rings is 2. The van der Waals surface area contributed by atoms with Crippen LogP contribution >= 0.6 is 15.9 Å². The number of nitrogens with zero attached hydrogens (tertiary/aromatic N) is 2. The van der Waals surface area contributed by atoms with Crippen molar-refractivity contribution in [1.82, 2.24) is 15.4 Å². The van der Waals surface area contributed by atoms with Crippen molar-refractivity contribution in [2.75, 3.05) is 6.61 Å². The van der Waals surface area contributed by atoms with E-state index in [0.717, 1.165) is 15.2 Å². The highest BCUT2D eigenvalue weighted by Gasteiger charge is 2.23. The van der Waals surface area contributed by atoms with Crippen LogP contribution in [0, 0.1) is 0 Å². The van der Waals surface area contributed by atoms with Crippen LogP contribution in [0.15, 0.2) is 34.8 Å². The Morgan fingerprint density at radius 2 is 2.14 bits per heavy atom. The zero-order chi connectivity index (χ0) is 15.7. The maximum atomic E-state index is 12.0. The van der Waals surface area contributed by atoms with Gasteiger partial charge in [0.15, 0.2) is 5.69 Å². The van der Waals surface area contributed by atoms with Crippen LogP contribution in [0.1, 0.15) is 17.4 Å². The third-order valence-electron chi connectivity index (χ3n) is 3.21. The minimum Gasteiger partial charge on any atom is -0.507 e. The van der Waals surface area contributed by atoms with E-state index in [9.17, 15) is 9.90 Å². The highest BCUT2D eigenvalue weighted by Crippen LogP contribution is 2.37. The average Bonchev–Trinajstić information content (AvgIpc) is 2.96. The van der Waals surface area contributed by atoms with Crippen LogP contribution < -0.4 is 0 Å². The average molecular weight is 362 g/mol. The Morgan fingerprint density at radius 3 is 2.91 bits per heavy atom. The van der Waals surface area contributed by atoms with Gasteiger partial charge in [0.25, 0.3) is 0 Å². The van der Waals surface area contributed by atoms with E-state index in [-0.39, 0.29) is 23.7 Å². The third kappa shape index (κ3) is 2.43. The smallest absolute Gasteiger partial charge is 0.361 e. The molecule has 0 saturated carbocycles. The van der Waals surface area contributed by atoms with Crippen LogP contribution in [0.3, 0.4) is 0 Å². The molecule has 0 saturated heterocycles. The fourth-order valence-electron chi connectivity index (χ4n) is 2.29. The number of aromatic hydroxyl groups is 1. The highest BCUT2D eigenvalue weighted by molar-refractivity contribution is 9.10. The summed E-state index contributed by atoms with van der Waals surface area (Å²) in [5.41, 5.74) is 0.762. The number of phenols is 1. The van der Waals surface area contributed by atoms with Crippen molar-refractivity contribution in [3.63, 3.8) is 0 Å². The lowest BCUT2D eigenvalue weighted by atomic mass is 10.00. The fraction of sp³-hybridized carbons (Fsp3) is 0.133. The number of phenolic OH excluding ortho intramolecular Hbond substituents is 1. The number of hydrogen-bond donors (Lipinski definition) is 2. The van der Waals surface area contributed by atoms with E-state index in [0.29, 0.717) is 5.56 Å². The van der Waals surface area contributed by atoms with E-state index < -0.39 is 5.97 Å². The summed E-state index contributed by atoms with van der Waals surface area (Å²) in [4.78, 5) is 12.0. The van der Waals surface area contributed by atoms with Gasteiger partial charge in [0, 0.05) is 4.47 Å². The number of aromatic amines is 1. The van der Waals surface area contributed by atoms with Crippen LogP contribution in [0.25, 0.3) is 22.0 Å². The van der Waals surface area contributed by atoms with Gasteiger partial charge < -0.3 is 9.84 Å². The molecule has 0 bridgehead atoms. The van der Waals surface area contributed by atoms with Crippen molar-refractivity contribution in [2.24, 2.45) is 0 Å². The van der Waals surface area contributed by atoms with E-state index in [4.69, 9.17) is 4.74 Å². The van der Waals surface area contributed by atoms with Gasteiger partial charge in [0.2, 0.25) is 0 Å². The molecule has 2 aromatic carbocycles. The number of carbonyl (C=O) groups is 1. The summed E-state index contributed by atoms with van der Waals surface area (Å²) >= 11 is 3.41. The third-order valence-corrected chi connectivity index (χ3v) is 3.71. The quantitative estimate of drug-likeness (QED) is 0.699. The summed E-state index contributed by atoms with van der Waals surface area (Å²) in [5, 5.41) is 22.2. The Balaban J connectivity index is 2.25. The molecule has 0 radical (unpaired) electrons. The molecular weight excluding hydrogens is 350 g/mol. The van der Waals surface area contributed by atoms with Gasteiger partial charge in [-0.25, -0.2) is 4.79 Å². The second kappa shape index (κ2) is 5.76. The van der Waals surface area contributed by atoms with Gasteiger partial charge in [-0.3, -0.25) is 0 Å². The standard InChI is InChI=1S/C15H12BrN3O3/c1-2-22-15(21)14-13(17-19-18-14)12-10-5-4-9(16)7-8(10)3-6-11(12)20/h3-7,20H,2H2,1H3,(H,17,18,19). The number of H-pyrrole nitrogens is 1. The van der Waals surface area contributed by atoms with Crippen LogP contribution in [0.2, 0.25) is 0 Å². The maximum Gasteiger partial charge on any atom is 0.361 e. The van der Waals surface area contributed by atoms with Crippen molar-refractivity contribution < 1.29 is 14.6 Å². The molecule has 3 rings (SSSR count). The first-order valence-corrected chi connectivity index (χ1v) is 7.40. The Labute approximate surface area is 134 Å². The Kier molecular flexibility index (Phi) is 3.81. The highest BCUT2D eigenvalue weighted by atomic mass is 79.9. The van der Waals surface area contributed by atoms with Gasteiger partial charge in [-0.05, 0) is 35.9 Å². The lowest BCUT2D eigenvalue weighted by Gasteiger charge is -2.08. The van der Waals surface area contributed by atoms with E-state index in [2.05, 4.69) is 31.3 Å². The molecule has 3 aromatic rings. The van der Waals surface area contributed by atoms with Crippen LogP contribution in [-0.2, 0) is 4.74 Å². The molecule has 0 fully saturated rings. The first-order valence-electron chi connectivity index (χ1n) is 6.61. The second-order valence-corrected chi connectivity index (χ2v) is 5.48. The molecule has 1 aromatic heterocycles. The molecule has 22 heavy (non-hydrogen) atoms. The molecule has 0 amide bonds. The molecular formula is C15H12BrN3O3. The van der Waals surface area contributed by atoms with Crippen LogP contribution in [0.4, 0.5) is 0 Å². The normalized spacial score (nSPS) is 10.8. The molecule has 1 heterocycles. The molecule has 0 atom stereocenters. The Bertz CT molecular complexity index is 860. The van der Waals surface area contributed by atoms with Crippen molar-refractivity contribution in [3.05, 3.63) is 40.5 Å². The first kappa shape index (κ1) is 14.5. The summed E-state index contributed by atoms with van der Waals surface area (Å²) < 4.78 is 5.89. The van der Waals surface area contributed by atoms with Gasteiger partial charge in [-0.1, -0.05) is 28.1 Å². The predicted molar refractivity (Wildman–Crippen MR) is 84.6 cm³/mol. The number of hydrogen-bond acceptors (Lipinski definition) is 5. The number of carbonyl (C=O) groups excluding carboxylic acids is 1. The monoisotopic (exact) mass is 361 g/mol. The van der Waals surface area contributed by atoms with Crippen LogP contribution in [0.5, 0.6) is 5.75 Å². The van der Waals surface area contributed by atoms with Gasteiger partial charge >= 0.3 is 5.97 Å². The van der Waals surface area contributed by atoms with Crippen molar-refractivity contribution in [3.8, 4) is 17.0 Å². The molecule has 0 aliphatic heterocycles. The summed E-state index contributed by atoms with van der Waals surface area (Å²) in [6.07, 6.45) is 0. The summed E-state index contributed by atoms with van der Waals surface area (Å²) in [7, 11) is 0. The summed E-state index contributed by atoms with van der Waals surface area (Å²) in [6, 6.07) is 8.98. The molecule has 0 unspecified atom stereocenters. The number of halogens is 1. The van der Waals surface area contributed by atoms with Gasteiger partial charge in [-0.15, -0.1) is 5.10 Å². The second-order valence-electron chi connectivity index (χ2n) is 4.57. The zero-order valence-electron chi connectivity index (χ0n) is 11.6. The predicted octanol–water partition coefficient (Wildman–Crippen LogP) is 3.27. The van der Waals surface area contributed by atoms with E-state index >= 15 is 0 Å². The number of fused-ring (bicyclic) bond motifs is 1. The molecule has 2 N–H and O–H groups in total. The lowest BCUT2D eigenvalue weighted by Crippen LogP contribution is -2.07. The fourth-order valence-corrected chi connectivity index (χ4v) is 2.66. The Morgan fingerprint density at radius 1 is 1.32 bits per heavy atom. The number of esters is 1. The van der Waals surface area contributed by atoms with E-state index in [1.807, 2.05) is 18.2 Å².